The van der Waals surface area contributed by atoms with E-state index in [0.717, 1.165) is 18.9 Å². The van der Waals surface area contributed by atoms with Gasteiger partial charge in [-0.15, -0.1) is 0 Å². The summed E-state index contributed by atoms with van der Waals surface area (Å²) < 4.78 is 0. The van der Waals surface area contributed by atoms with E-state index < -0.39 is 5.97 Å². The summed E-state index contributed by atoms with van der Waals surface area (Å²) in [5.41, 5.74) is 0. The number of carboxylic acids is 1. The highest BCUT2D eigenvalue weighted by Crippen LogP contribution is 2.29. The zero-order valence-corrected chi connectivity index (χ0v) is 7.40. The van der Waals surface area contributed by atoms with Crippen molar-refractivity contribution in [2.45, 2.75) is 12.8 Å². The molecule has 0 unspecified atom stereocenters. The molecule has 1 aliphatic carbocycles. The molecular weight excluding hydrogens is 170 g/mol. The number of nitrogens with zero attached hydrogens (tertiary/aromatic N) is 1. The summed E-state index contributed by atoms with van der Waals surface area (Å²) in [7, 11) is 0. The van der Waals surface area contributed by atoms with Crippen LogP contribution in [0.15, 0.2) is 12.7 Å². The minimum Gasteiger partial charge on any atom is -0.480 e. The molecule has 0 aliphatic heterocycles. The minimum atomic E-state index is -0.976. The zero-order chi connectivity index (χ0) is 9.84. The maximum absolute atomic E-state index is 11.2. The number of carboxylic acid groups (broad SMARTS) is 1. The summed E-state index contributed by atoms with van der Waals surface area (Å²) in [4.78, 5) is 22.9. The Morgan fingerprint density at radius 1 is 1.54 bits per heavy atom. The van der Waals surface area contributed by atoms with Crippen LogP contribution in [-0.4, -0.2) is 35.0 Å². The minimum absolute atomic E-state index is 0.221. The molecule has 0 atom stereocenters. The molecule has 72 valence electrons. The Kier molecular flexibility index (Phi) is 3.06. The molecule has 0 bridgehead atoms. The molecule has 1 rings (SSSR count). The van der Waals surface area contributed by atoms with Gasteiger partial charge in [0.2, 0.25) is 5.91 Å². The fraction of sp³-hybridized carbons (Fsp3) is 0.556. The Labute approximate surface area is 76.8 Å². The highest BCUT2D eigenvalue weighted by Gasteiger charge is 2.26. The molecule has 0 aromatic heterocycles. The summed E-state index contributed by atoms with van der Waals surface area (Å²) in [5, 5.41) is 8.53. The van der Waals surface area contributed by atoms with Gasteiger partial charge in [0.05, 0.1) is 0 Å². The van der Waals surface area contributed by atoms with E-state index in [1.165, 1.54) is 4.90 Å². The summed E-state index contributed by atoms with van der Waals surface area (Å²) >= 11 is 0. The smallest absolute Gasteiger partial charge is 0.323 e. The second-order valence-corrected chi connectivity index (χ2v) is 3.26. The summed E-state index contributed by atoms with van der Waals surface area (Å²) in [6, 6.07) is 0. The Morgan fingerprint density at radius 3 is 2.54 bits per heavy atom. The molecule has 0 saturated heterocycles. The first kappa shape index (κ1) is 9.77. The van der Waals surface area contributed by atoms with Crippen LogP contribution in [0, 0.1) is 5.92 Å². The van der Waals surface area contributed by atoms with Gasteiger partial charge in [0.25, 0.3) is 0 Å². The lowest BCUT2D eigenvalue weighted by molar-refractivity contribution is -0.142. The Bertz CT molecular complexity index is 233. The third-order valence-corrected chi connectivity index (χ3v) is 1.99. The van der Waals surface area contributed by atoms with Gasteiger partial charge in [0, 0.05) is 6.54 Å². The van der Waals surface area contributed by atoms with Gasteiger partial charge >= 0.3 is 5.97 Å². The van der Waals surface area contributed by atoms with E-state index in [0.29, 0.717) is 12.5 Å². The lowest BCUT2D eigenvalue weighted by Gasteiger charge is -2.18. The molecule has 1 N–H and O–H groups in total. The first-order chi connectivity index (χ1) is 6.13. The van der Waals surface area contributed by atoms with Crippen LogP contribution in [0.4, 0.5) is 0 Å². The maximum atomic E-state index is 11.2. The second kappa shape index (κ2) is 4.07. The normalized spacial score (nSPS) is 15.1. The molecule has 13 heavy (non-hydrogen) atoms. The molecule has 1 aliphatic rings. The Hall–Kier alpha value is -1.32. The van der Waals surface area contributed by atoms with Crippen LogP contribution >= 0.6 is 0 Å². The van der Waals surface area contributed by atoms with Crippen LogP contribution in [0.2, 0.25) is 0 Å². The van der Waals surface area contributed by atoms with Crippen LogP contribution in [0.3, 0.4) is 0 Å². The van der Waals surface area contributed by atoms with Gasteiger partial charge in [-0.1, -0.05) is 6.58 Å². The number of amides is 1. The predicted octanol–water partition coefficient (Wildman–Crippen LogP) is 0.496. The van der Waals surface area contributed by atoms with Crippen molar-refractivity contribution in [3.8, 4) is 0 Å². The van der Waals surface area contributed by atoms with E-state index in [1.54, 1.807) is 0 Å². The van der Waals surface area contributed by atoms with Gasteiger partial charge in [0.15, 0.2) is 0 Å². The summed E-state index contributed by atoms with van der Waals surface area (Å²) in [5.74, 6) is -0.770. The summed E-state index contributed by atoms with van der Waals surface area (Å²) in [6.45, 7) is 3.66. The third-order valence-electron chi connectivity index (χ3n) is 1.99. The van der Waals surface area contributed by atoms with E-state index in [1.807, 2.05) is 0 Å². The lowest BCUT2D eigenvalue weighted by Crippen LogP contribution is -2.35. The van der Waals surface area contributed by atoms with Crippen LogP contribution in [0.1, 0.15) is 12.8 Å². The SMILES string of the molecule is C=CC(=O)N(CC(=O)O)CC1CC1. The van der Waals surface area contributed by atoms with E-state index >= 15 is 0 Å². The number of hydrogen-bond donors (Lipinski definition) is 1. The molecule has 0 radical (unpaired) electrons. The van der Waals surface area contributed by atoms with Crippen LogP contribution in [-0.2, 0) is 9.59 Å². The van der Waals surface area contributed by atoms with Crippen molar-refractivity contribution < 1.29 is 14.7 Å². The Balaban J connectivity index is 2.45. The van der Waals surface area contributed by atoms with Crippen molar-refractivity contribution in [3.63, 3.8) is 0 Å². The predicted molar refractivity (Wildman–Crippen MR) is 47.1 cm³/mol. The highest BCUT2D eigenvalue weighted by atomic mass is 16.4. The average molecular weight is 183 g/mol. The molecule has 1 fully saturated rings. The van der Waals surface area contributed by atoms with Gasteiger partial charge in [0.1, 0.15) is 6.54 Å². The maximum Gasteiger partial charge on any atom is 0.323 e. The largest absolute Gasteiger partial charge is 0.480 e. The summed E-state index contributed by atoms with van der Waals surface area (Å²) in [6.07, 6.45) is 3.35. The van der Waals surface area contributed by atoms with Crippen LogP contribution < -0.4 is 0 Å². The molecule has 0 aromatic rings. The number of carbonyl (C=O) groups is 2. The molecule has 4 nitrogen and oxygen atoms in total. The molecular formula is C9H13NO3. The van der Waals surface area contributed by atoms with Crippen molar-refractivity contribution in [3.05, 3.63) is 12.7 Å². The topological polar surface area (TPSA) is 57.6 Å². The molecule has 1 amide bonds. The van der Waals surface area contributed by atoms with Gasteiger partial charge in [-0.25, -0.2) is 0 Å². The quantitative estimate of drug-likeness (QED) is 0.631. The molecule has 0 heterocycles. The monoisotopic (exact) mass is 183 g/mol. The van der Waals surface area contributed by atoms with E-state index in [4.69, 9.17) is 5.11 Å². The fourth-order valence-corrected chi connectivity index (χ4v) is 1.14. The first-order valence-electron chi connectivity index (χ1n) is 4.26. The van der Waals surface area contributed by atoms with Crippen molar-refractivity contribution >= 4 is 11.9 Å². The molecule has 0 aromatic carbocycles. The van der Waals surface area contributed by atoms with Gasteiger partial charge in [-0.3, -0.25) is 9.59 Å². The lowest BCUT2D eigenvalue weighted by atomic mass is 10.3. The van der Waals surface area contributed by atoms with E-state index in [-0.39, 0.29) is 12.5 Å². The van der Waals surface area contributed by atoms with E-state index in [2.05, 4.69) is 6.58 Å². The van der Waals surface area contributed by atoms with Crippen molar-refractivity contribution in [1.29, 1.82) is 0 Å². The number of hydrogen-bond acceptors (Lipinski definition) is 2. The van der Waals surface area contributed by atoms with Crippen LogP contribution in [0.5, 0.6) is 0 Å². The molecule has 0 spiro atoms. The number of rotatable bonds is 5. The van der Waals surface area contributed by atoms with E-state index in [9.17, 15) is 9.59 Å². The highest BCUT2D eigenvalue weighted by molar-refractivity contribution is 5.89. The fourth-order valence-electron chi connectivity index (χ4n) is 1.14. The van der Waals surface area contributed by atoms with Gasteiger partial charge in [-0.05, 0) is 24.8 Å². The average Bonchev–Trinajstić information content (AvgIpc) is 2.85. The second-order valence-electron chi connectivity index (χ2n) is 3.26. The van der Waals surface area contributed by atoms with Gasteiger partial charge in [-0.2, -0.15) is 0 Å². The Morgan fingerprint density at radius 2 is 2.15 bits per heavy atom. The van der Waals surface area contributed by atoms with Crippen molar-refractivity contribution in [1.82, 2.24) is 4.90 Å². The van der Waals surface area contributed by atoms with Crippen molar-refractivity contribution in [2.75, 3.05) is 13.1 Å². The molecule has 1 saturated carbocycles. The van der Waals surface area contributed by atoms with Crippen LogP contribution in [0.25, 0.3) is 0 Å². The van der Waals surface area contributed by atoms with Gasteiger partial charge < -0.3 is 10.0 Å². The standard InChI is InChI=1S/C9H13NO3/c1-2-8(11)10(6-9(12)13)5-7-3-4-7/h2,7H,1,3-6H2,(H,12,13). The first-order valence-corrected chi connectivity index (χ1v) is 4.26. The molecule has 4 heteroatoms. The zero-order valence-electron chi connectivity index (χ0n) is 7.40. The third kappa shape index (κ3) is 3.27. The van der Waals surface area contributed by atoms with Crippen molar-refractivity contribution in [2.24, 2.45) is 5.92 Å². The number of aliphatic carboxylic acids is 1. The number of carbonyl (C=O) groups excluding carboxylic acids is 1.